The molecule has 17 heteroatoms. The number of nitrogens with one attached hydrogen (secondary N) is 2. The van der Waals surface area contributed by atoms with Crippen molar-refractivity contribution in [3.63, 3.8) is 0 Å². The van der Waals surface area contributed by atoms with Gasteiger partial charge in [-0.1, -0.05) is 5.16 Å². The Hall–Kier alpha value is -4.25. The summed E-state index contributed by atoms with van der Waals surface area (Å²) >= 11 is 2.06. The summed E-state index contributed by atoms with van der Waals surface area (Å²) in [6.07, 6.45) is 1.45. The molecule has 1 saturated heterocycles. The van der Waals surface area contributed by atoms with Crippen LogP contribution < -0.4 is 16.5 Å². The highest BCUT2D eigenvalue weighted by molar-refractivity contribution is 8.00. The number of nitrogens with two attached hydrogens (primary N) is 1. The Morgan fingerprint density at radius 3 is 2.72 bits per heavy atom. The lowest BCUT2D eigenvalue weighted by atomic mass is 10.0. The number of rotatable bonds is 8. The first-order valence-electron chi connectivity index (χ1n) is 10.0. The number of β-lactam (4-membered cyclic amide) rings is 1. The van der Waals surface area contributed by atoms with Crippen LogP contribution >= 0.6 is 23.3 Å². The van der Waals surface area contributed by atoms with Gasteiger partial charge in [0.05, 0.1) is 0 Å². The van der Waals surface area contributed by atoms with Gasteiger partial charge in [0.25, 0.3) is 11.8 Å². The Morgan fingerprint density at radius 1 is 1.36 bits per heavy atom. The number of thioether (sulfide) groups is 1. The SMILES string of the molecule is CON=C(C(=O)NC1C(=O)N2C(C(=O)O)=C(Cn3cccc(C(=O)O)c3=N)CSC12)c1nsc(N)n1. The number of anilines is 1. The topological polar surface area (TPSA) is 226 Å². The molecule has 4 heterocycles. The zero-order valence-electron chi connectivity index (χ0n) is 18.4. The zero-order valence-corrected chi connectivity index (χ0v) is 20.0. The number of carboxylic acid groups (broad SMARTS) is 2. The van der Waals surface area contributed by atoms with Crippen LogP contribution in [0, 0.1) is 5.41 Å². The highest BCUT2D eigenvalue weighted by atomic mass is 32.2. The lowest BCUT2D eigenvalue weighted by Gasteiger charge is -2.49. The molecule has 0 spiro atoms. The van der Waals surface area contributed by atoms with Crippen LogP contribution in [0.4, 0.5) is 5.13 Å². The zero-order chi connectivity index (χ0) is 26.1. The number of fused-ring (bicyclic) bond motifs is 1. The molecule has 2 amide bonds. The van der Waals surface area contributed by atoms with Crippen LogP contribution in [0.3, 0.4) is 0 Å². The molecule has 0 aliphatic carbocycles. The van der Waals surface area contributed by atoms with Crippen LogP contribution in [0.2, 0.25) is 0 Å². The second kappa shape index (κ2) is 9.78. The number of carbonyl (C=O) groups excluding carboxylic acids is 2. The summed E-state index contributed by atoms with van der Waals surface area (Å²) in [5, 5.41) is 32.7. The number of nitrogen functional groups attached to an aromatic ring is 1. The van der Waals surface area contributed by atoms with E-state index in [1.165, 1.54) is 41.8 Å². The predicted molar refractivity (Wildman–Crippen MR) is 125 cm³/mol. The van der Waals surface area contributed by atoms with E-state index in [2.05, 4.69) is 24.7 Å². The first kappa shape index (κ1) is 24.9. The van der Waals surface area contributed by atoms with Gasteiger partial charge < -0.3 is 30.7 Å². The third-order valence-electron chi connectivity index (χ3n) is 5.25. The van der Waals surface area contributed by atoms with Gasteiger partial charge in [-0.3, -0.25) is 19.9 Å². The molecule has 0 radical (unpaired) electrons. The van der Waals surface area contributed by atoms with E-state index in [-0.39, 0.29) is 45.7 Å². The maximum Gasteiger partial charge on any atom is 0.352 e. The number of pyridine rings is 1. The van der Waals surface area contributed by atoms with E-state index in [0.717, 1.165) is 16.4 Å². The van der Waals surface area contributed by atoms with Crippen molar-refractivity contribution in [2.24, 2.45) is 5.16 Å². The van der Waals surface area contributed by atoms with Crippen LogP contribution in [0.5, 0.6) is 0 Å². The van der Waals surface area contributed by atoms with E-state index in [1.807, 2.05) is 0 Å². The molecule has 4 rings (SSSR count). The van der Waals surface area contributed by atoms with Crippen molar-refractivity contribution in [1.29, 1.82) is 5.41 Å². The van der Waals surface area contributed by atoms with E-state index in [9.17, 15) is 29.4 Å². The van der Waals surface area contributed by atoms with Gasteiger partial charge in [0, 0.05) is 30.0 Å². The third-order valence-corrected chi connectivity index (χ3v) is 7.13. The molecule has 2 aliphatic heterocycles. The molecule has 2 aromatic heterocycles. The Morgan fingerprint density at radius 2 is 2.11 bits per heavy atom. The summed E-state index contributed by atoms with van der Waals surface area (Å²) in [5.41, 5.74) is 4.73. The molecule has 0 aromatic carbocycles. The standard InChI is InChI=1S/C19H18N8O7S2/c1-34-24-9(13-23-19(21)36-25-13)14(28)22-10-15(29)27-11(18(32)33)7(6-35-16(10)27)5-26-4-2-3-8(12(26)20)17(30)31/h2-4,10,16,20H,5-6H2,1H3,(H,22,28)(H,30,31)(H,32,33)(H2,21,23,25). The van der Waals surface area contributed by atoms with E-state index < -0.39 is 35.2 Å². The molecule has 188 valence electrons. The van der Waals surface area contributed by atoms with Gasteiger partial charge in [-0.05, 0) is 17.7 Å². The molecule has 2 unspecified atom stereocenters. The minimum atomic E-state index is -1.36. The van der Waals surface area contributed by atoms with E-state index in [0.29, 0.717) is 5.57 Å². The fourth-order valence-corrected chi connectivity index (χ4v) is 5.45. The van der Waals surface area contributed by atoms with Gasteiger partial charge in [-0.2, -0.15) is 9.36 Å². The van der Waals surface area contributed by atoms with Gasteiger partial charge in [0.1, 0.15) is 35.3 Å². The molecule has 0 bridgehead atoms. The number of carboxylic acids is 2. The molecule has 6 N–H and O–H groups in total. The van der Waals surface area contributed by atoms with Crippen molar-refractivity contribution in [3.8, 4) is 0 Å². The Balaban J connectivity index is 1.57. The maximum absolute atomic E-state index is 12.9. The summed E-state index contributed by atoms with van der Waals surface area (Å²) in [7, 11) is 1.22. The average Bonchev–Trinajstić information content (AvgIpc) is 3.27. The van der Waals surface area contributed by atoms with Gasteiger partial charge in [0.15, 0.2) is 5.13 Å². The van der Waals surface area contributed by atoms with Crippen molar-refractivity contribution >= 4 is 57.9 Å². The summed E-state index contributed by atoms with van der Waals surface area (Å²) in [4.78, 5) is 58.8. The number of amides is 2. The van der Waals surface area contributed by atoms with Gasteiger partial charge in [-0.15, -0.1) is 11.8 Å². The van der Waals surface area contributed by atoms with Crippen molar-refractivity contribution in [3.05, 3.63) is 46.5 Å². The number of aliphatic carboxylic acids is 1. The fraction of sp³-hybridized carbons (Fsp3) is 0.263. The number of nitrogens with zero attached hydrogens (tertiary/aromatic N) is 5. The summed E-state index contributed by atoms with van der Waals surface area (Å²) in [6, 6.07) is 1.65. The first-order valence-corrected chi connectivity index (χ1v) is 11.8. The van der Waals surface area contributed by atoms with Crippen molar-refractivity contribution in [2.45, 2.75) is 18.0 Å². The van der Waals surface area contributed by atoms with Crippen LogP contribution in [0.15, 0.2) is 34.8 Å². The predicted octanol–water partition coefficient (Wildman–Crippen LogP) is -1.11. The highest BCUT2D eigenvalue weighted by Crippen LogP contribution is 2.40. The minimum absolute atomic E-state index is 0.0861. The molecular weight excluding hydrogens is 516 g/mol. The van der Waals surface area contributed by atoms with E-state index in [1.54, 1.807) is 0 Å². The van der Waals surface area contributed by atoms with Crippen LogP contribution in [-0.2, 0) is 25.8 Å². The summed E-state index contributed by atoms with van der Waals surface area (Å²) in [6.45, 7) is -0.107. The molecule has 0 saturated carbocycles. The fourth-order valence-electron chi connectivity index (χ4n) is 3.68. The van der Waals surface area contributed by atoms with Crippen LogP contribution in [0.25, 0.3) is 0 Å². The van der Waals surface area contributed by atoms with Crippen LogP contribution in [0.1, 0.15) is 16.2 Å². The Kier molecular flexibility index (Phi) is 6.75. The summed E-state index contributed by atoms with van der Waals surface area (Å²) < 4.78 is 5.19. The Labute approximate surface area is 209 Å². The highest BCUT2D eigenvalue weighted by Gasteiger charge is 2.54. The van der Waals surface area contributed by atoms with E-state index in [4.69, 9.17) is 11.1 Å². The summed E-state index contributed by atoms with van der Waals surface area (Å²) in [5.74, 6) is -4.04. The lowest BCUT2D eigenvalue weighted by molar-refractivity contribution is -0.150. The largest absolute Gasteiger partial charge is 0.478 e. The van der Waals surface area contributed by atoms with Gasteiger partial charge in [0.2, 0.25) is 11.5 Å². The second-order valence-corrected chi connectivity index (χ2v) is 9.29. The first-order chi connectivity index (χ1) is 17.1. The van der Waals surface area contributed by atoms with Crippen LogP contribution in [-0.4, -0.2) is 82.8 Å². The lowest BCUT2D eigenvalue weighted by Crippen LogP contribution is -2.71. The third kappa shape index (κ3) is 4.40. The number of aromatic nitrogens is 3. The number of hydrogen-bond donors (Lipinski definition) is 5. The number of aromatic carboxylic acids is 1. The molecule has 2 aromatic rings. The molecule has 36 heavy (non-hydrogen) atoms. The number of carbonyl (C=O) groups is 4. The van der Waals surface area contributed by atoms with Crippen molar-refractivity contribution in [2.75, 3.05) is 18.6 Å². The molecular formula is C19H18N8O7S2. The smallest absolute Gasteiger partial charge is 0.352 e. The van der Waals surface area contributed by atoms with E-state index >= 15 is 0 Å². The second-order valence-electron chi connectivity index (χ2n) is 7.40. The Bertz CT molecular complexity index is 1400. The average molecular weight is 535 g/mol. The van der Waals surface area contributed by atoms with Crippen molar-refractivity contribution < 1.29 is 34.2 Å². The molecule has 2 atom stereocenters. The van der Waals surface area contributed by atoms with Crippen molar-refractivity contribution in [1.82, 2.24) is 24.1 Å². The molecule has 15 nitrogen and oxygen atoms in total. The van der Waals surface area contributed by atoms with Gasteiger partial charge >= 0.3 is 11.9 Å². The quantitative estimate of drug-likeness (QED) is 0.155. The number of oxime groups is 1. The molecule has 1 fully saturated rings. The normalized spacial score (nSPS) is 19.4. The maximum atomic E-state index is 12.9. The molecule has 2 aliphatic rings. The monoisotopic (exact) mass is 534 g/mol. The van der Waals surface area contributed by atoms with Gasteiger partial charge in [-0.25, -0.2) is 9.59 Å². The number of hydrogen-bond acceptors (Lipinski definition) is 12. The minimum Gasteiger partial charge on any atom is -0.478 e.